The van der Waals surface area contributed by atoms with Gasteiger partial charge in [0.2, 0.25) is 0 Å². The van der Waals surface area contributed by atoms with Gasteiger partial charge in [-0.3, -0.25) is 0 Å². The normalized spacial score (nSPS) is 18.1. The maximum Gasteiger partial charge on any atom is 0.166 e. The Labute approximate surface area is 192 Å². The van der Waals surface area contributed by atoms with Crippen LogP contribution >= 0.6 is 0 Å². The SMILES string of the molecule is CCC1=CC=C(c2ccc(CCc3ccc(-c4ccc(C)cc4)c(F)c3F)cc2)C(F)C1F. The Morgan fingerprint density at radius 1 is 0.697 bits per heavy atom. The monoisotopic (exact) mass is 450 g/mol. The summed E-state index contributed by atoms with van der Waals surface area (Å²) in [5.41, 5.74) is 4.57. The van der Waals surface area contributed by atoms with Gasteiger partial charge in [-0.1, -0.05) is 85.3 Å². The summed E-state index contributed by atoms with van der Waals surface area (Å²) < 4.78 is 58.2. The van der Waals surface area contributed by atoms with E-state index in [1.54, 1.807) is 48.6 Å². The summed E-state index contributed by atoms with van der Waals surface area (Å²) in [4.78, 5) is 0. The first-order valence-electron chi connectivity index (χ1n) is 11.2. The maximum atomic E-state index is 14.7. The molecule has 33 heavy (non-hydrogen) atoms. The van der Waals surface area contributed by atoms with Crippen LogP contribution in [0.5, 0.6) is 0 Å². The van der Waals surface area contributed by atoms with Crippen molar-refractivity contribution in [2.75, 3.05) is 0 Å². The van der Waals surface area contributed by atoms with E-state index >= 15 is 0 Å². The molecule has 0 aromatic heterocycles. The van der Waals surface area contributed by atoms with Crippen LogP contribution in [0.2, 0.25) is 0 Å². The van der Waals surface area contributed by atoms with Gasteiger partial charge in [0.15, 0.2) is 24.0 Å². The Bertz CT molecular complexity index is 1190. The fourth-order valence-corrected chi connectivity index (χ4v) is 4.18. The molecule has 2 atom stereocenters. The number of aryl methyl sites for hydroxylation is 3. The number of hydrogen-bond acceptors (Lipinski definition) is 0. The summed E-state index contributed by atoms with van der Waals surface area (Å²) in [5.74, 6) is -1.67. The zero-order chi connectivity index (χ0) is 23.5. The van der Waals surface area contributed by atoms with Gasteiger partial charge >= 0.3 is 0 Å². The lowest BCUT2D eigenvalue weighted by Gasteiger charge is -2.23. The Morgan fingerprint density at radius 3 is 2.03 bits per heavy atom. The van der Waals surface area contributed by atoms with Gasteiger partial charge in [-0.05, 0) is 59.6 Å². The fraction of sp³-hybridized carbons (Fsp3) is 0.241. The van der Waals surface area contributed by atoms with E-state index in [1.807, 2.05) is 38.1 Å². The second kappa shape index (κ2) is 9.78. The summed E-state index contributed by atoms with van der Waals surface area (Å²) in [6.45, 7) is 3.75. The molecule has 0 amide bonds. The average molecular weight is 451 g/mol. The summed E-state index contributed by atoms with van der Waals surface area (Å²) in [7, 11) is 0. The van der Waals surface area contributed by atoms with Crippen molar-refractivity contribution in [1.82, 2.24) is 0 Å². The van der Waals surface area contributed by atoms with Crippen molar-refractivity contribution in [3.8, 4) is 11.1 Å². The maximum absolute atomic E-state index is 14.7. The smallest absolute Gasteiger partial charge is 0.166 e. The van der Waals surface area contributed by atoms with Crippen LogP contribution in [-0.4, -0.2) is 12.3 Å². The minimum absolute atomic E-state index is 0.244. The molecule has 170 valence electrons. The lowest BCUT2D eigenvalue weighted by atomic mass is 9.88. The van der Waals surface area contributed by atoms with Crippen LogP contribution in [0.15, 0.2) is 78.4 Å². The molecule has 1 aliphatic carbocycles. The third-order valence-corrected chi connectivity index (χ3v) is 6.29. The van der Waals surface area contributed by atoms with Crippen LogP contribution in [0.25, 0.3) is 16.7 Å². The van der Waals surface area contributed by atoms with E-state index in [9.17, 15) is 17.6 Å². The highest BCUT2D eigenvalue weighted by molar-refractivity contribution is 5.73. The first kappa shape index (κ1) is 23.0. The number of benzene rings is 3. The third kappa shape index (κ3) is 4.80. The van der Waals surface area contributed by atoms with E-state index in [0.29, 0.717) is 47.1 Å². The first-order valence-corrected chi connectivity index (χ1v) is 11.2. The largest absolute Gasteiger partial charge is 0.239 e. The quantitative estimate of drug-likeness (QED) is 0.333. The Hall–Kier alpha value is -3.14. The topological polar surface area (TPSA) is 0 Å². The molecule has 0 bridgehead atoms. The van der Waals surface area contributed by atoms with Gasteiger partial charge in [0.05, 0.1) is 0 Å². The molecular weight excluding hydrogens is 424 g/mol. The van der Waals surface area contributed by atoms with Crippen LogP contribution in [0.3, 0.4) is 0 Å². The second-order valence-electron chi connectivity index (χ2n) is 8.48. The molecule has 0 heterocycles. The highest BCUT2D eigenvalue weighted by Gasteiger charge is 2.30. The molecule has 2 unspecified atom stereocenters. The second-order valence-corrected chi connectivity index (χ2v) is 8.48. The summed E-state index contributed by atoms with van der Waals surface area (Å²) >= 11 is 0. The summed E-state index contributed by atoms with van der Waals surface area (Å²) in [6.07, 6.45) is 1.32. The Kier molecular flexibility index (Phi) is 6.83. The highest BCUT2D eigenvalue weighted by Crippen LogP contribution is 2.33. The number of alkyl halides is 2. The van der Waals surface area contributed by atoms with Gasteiger partial charge in [0.1, 0.15) is 0 Å². The van der Waals surface area contributed by atoms with Gasteiger partial charge in [-0.25, -0.2) is 17.6 Å². The van der Waals surface area contributed by atoms with Crippen molar-refractivity contribution in [2.45, 2.75) is 45.5 Å². The minimum Gasteiger partial charge on any atom is -0.239 e. The molecule has 4 rings (SSSR count). The number of rotatable bonds is 6. The van der Waals surface area contributed by atoms with Crippen LogP contribution in [-0.2, 0) is 12.8 Å². The molecule has 0 fully saturated rings. The van der Waals surface area contributed by atoms with Crippen LogP contribution in [0.4, 0.5) is 17.6 Å². The van der Waals surface area contributed by atoms with Crippen LogP contribution in [0.1, 0.15) is 35.6 Å². The molecule has 0 saturated carbocycles. The lowest BCUT2D eigenvalue weighted by Crippen LogP contribution is -2.23. The van der Waals surface area contributed by atoms with Crippen molar-refractivity contribution in [3.63, 3.8) is 0 Å². The van der Waals surface area contributed by atoms with Crippen molar-refractivity contribution in [1.29, 1.82) is 0 Å². The van der Waals surface area contributed by atoms with Gasteiger partial charge in [0.25, 0.3) is 0 Å². The third-order valence-electron chi connectivity index (χ3n) is 6.29. The van der Waals surface area contributed by atoms with Gasteiger partial charge < -0.3 is 0 Å². The van der Waals surface area contributed by atoms with Gasteiger partial charge in [-0.15, -0.1) is 0 Å². The van der Waals surface area contributed by atoms with Crippen molar-refractivity contribution in [2.24, 2.45) is 0 Å². The molecule has 1 aliphatic rings. The van der Waals surface area contributed by atoms with E-state index in [4.69, 9.17) is 0 Å². The number of hydrogen-bond donors (Lipinski definition) is 0. The van der Waals surface area contributed by atoms with E-state index < -0.39 is 24.0 Å². The zero-order valence-electron chi connectivity index (χ0n) is 18.7. The molecule has 0 nitrogen and oxygen atoms in total. The summed E-state index contributed by atoms with van der Waals surface area (Å²) in [5, 5.41) is 0. The fourth-order valence-electron chi connectivity index (χ4n) is 4.18. The van der Waals surface area contributed by atoms with Crippen LogP contribution < -0.4 is 0 Å². The molecule has 0 aliphatic heterocycles. The lowest BCUT2D eigenvalue weighted by molar-refractivity contribution is 0.239. The highest BCUT2D eigenvalue weighted by atomic mass is 19.2. The van der Waals surface area contributed by atoms with Crippen molar-refractivity contribution >= 4 is 5.57 Å². The van der Waals surface area contributed by atoms with E-state index in [2.05, 4.69) is 0 Å². The molecule has 0 radical (unpaired) electrons. The number of halogens is 4. The van der Waals surface area contributed by atoms with Crippen molar-refractivity contribution in [3.05, 3.63) is 112 Å². The Balaban J connectivity index is 1.47. The van der Waals surface area contributed by atoms with Gasteiger partial charge in [-0.2, -0.15) is 0 Å². The number of allylic oxidation sites excluding steroid dienone is 4. The molecule has 0 spiro atoms. The van der Waals surface area contributed by atoms with Gasteiger partial charge in [0, 0.05) is 5.56 Å². The van der Waals surface area contributed by atoms with E-state index in [0.717, 1.165) is 11.1 Å². The molecule has 3 aromatic carbocycles. The molecule has 0 saturated heterocycles. The summed E-state index contributed by atoms with van der Waals surface area (Å²) in [6, 6.07) is 17.7. The predicted molar refractivity (Wildman–Crippen MR) is 127 cm³/mol. The predicted octanol–water partition coefficient (Wildman–Crippen LogP) is 8.14. The minimum atomic E-state index is -1.68. The van der Waals surface area contributed by atoms with Crippen LogP contribution in [0, 0.1) is 18.6 Å². The standard InChI is InChI=1S/C29H26F4/c1-3-20-14-16-24(28(32)26(20)30)22-11-6-19(7-12-22)8-13-23-15-17-25(29(33)27(23)31)21-9-4-18(2)5-10-21/h4-7,9-12,14-17,26,28H,3,8,13H2,1-2H3. The van der Waals surface area contributed by atoms with E-state index in [1.165, 1.54) is 0 Å². The molecular formula is C29H26F4. The van der Waals surface area contributed by atoms with E-state index in [-0.39, 0.29) is 5.56 Å². The molecule has 3 aromatic rings. The first-order chi connectivity index (χ1) is 15.9. The average Bonchev–Trinajstić information content (AvgIpc) is 2.83. The molecule has 0 N–H and O–H groups in total. The molecule has 4 heteroatoms. The van der Waals surface area contributed by atoms with Crippen molar-refractivity contribution < 1.29 is 17.6 Å². The zero-order valence-corrected chi connectivity index (χ0v) is 18.7. The Morgan fingerprint density at radius 2 is 1.36 bits per heavy atom.